The Labute approximate surface area is 160 Å². The lowest BCUT2D eigenvalue weighted by molar-refractivity contribution is -0.149. The minimum Gasteiger partial charge on any atom is -0.481 e. The van der Waals surface area contributed by atoms with Crippen molar-refractivity contribution in [1.29, 1.82) is 0 Å². The minimum absolute atomic E-state index is 0.0126. The quantitative estimate of drug-likeness (QED) is 0.828. The Balaban J connectivity index is 1.48. The second kappa shape index (κ2) is 8.71. The Kier molecular flexibility index (Phi) is 6.34. The summed E-state index contributed by atoms with van der Waals surface area (Å²) < 4.78 is 11.5. The van der Waals surface area contributed by atoms with E-state index in [9.17, 15) is 9.59 Å². The summed E-state index contributed by atoms with van der Waals surface area (Å²) in [6.07, 6.45) is 0.601. The molecule has 27 heavy (non-hydrogen) atoms. The van der Waals surface area contributed by atoms with Crippen molar-refractivity contribution in [2.24, 2.45) is 5.73 Å². The first-order chi connectivity index (χ1) is 13.0. The van der Waals surface area contributed by atoms with Gasteiger partial charge in [-0.3, -0.25) is 9.59 Å². The summed E-state index contributed by atoms with van der Waals surface area (Å²) in [5, 5.41) is 0. The smallest absolute Gasteiger partial charge is 0.263 e. The molecule has 2 saturated heterocycles. The third kappa shape index (κ3) is 4.78. The topological polar surface area (TPSA) is 85.1 Å². The average molecular weight is 375 g/mol. The molecule has 0 spiro atoms. The highest BCUT2D eigenvalue weighted by Gasteiger charge is 2.35. The number of hydrogen-bond donors (Lipinski definition) is 1. The van der Waals surface area contributed by atoms with Crippen LogP contribution in [0.1, 0.15) is 25.3 Å². The van der Waals surface area contributed by atoms with E-state index in [4.69, 9.17) is 15.2 Å². The Bertz CT molecular complexity index is 673. The minimum atomic E-state index is -0.558. The number of benzene rings is 1. The molecule has 1 unspecified atom stereocenters. The fourth-order valence-corrected chi connectivity index (χ4v) is 3.61. The molecule has 2 N–H and O–H groups in total. The molecule has 3 atom stereocenters. The van der Waals surface area contributed by atoms with Crippen molar-refractivity contribution >= 4 is 11.8 Å². The Morgan fingerprint density at radius 1 is 1.22 bits per heavy atom. The molecule has 7 nitrogen and oxygen atoms in total. The van der Waals surface area contributed by atoms with Crippen LogP contribution in [-0.2, 0) is 14.3 Å². The van der Waals surface area contributed by atoms with Gasteiger partial charge in [0.25, 0.3) is 11.8 Å². The molecule has 2 fully saturated rings. The molecular weight excluding hydrogens is 346 g/mol. The van der Waals surface area contributed by atoms with Crippen molar-refractivity contribution < 1.29 is 19.1 Å². The second-order valence-corrected chi connectivity index (χ2v) is 7.29. The molecule has 148 valence electrons. The first-order valence-electron chi connectivity index (χ1n) is 9.64. The van der Waals surface area contributed by atoms with Gasteiger partial charge in [0.05, 0.1) is 6.10 Å². The number of aryl methyl sites for hydroxylation is 1. The maximum absolute atomic E-state index is 12.7. The first kappa shape index (κ1) is 19.6. The molecule has 3 rings (SSSR count). The van der Waals surface area contributed by atoms with Crippen LogP contribution in [0.5, 0.6) is 5.75 Å². The van der Waals surface area contributed by atoms with Crippen molar-refractivity contribution in [2.45, 2.75) is 45.0 Å². The number of carbonyl (C=O) groups is 2. The number of piperazine rings is 1. The van der Waals surface area contributed by atoms with E-state index in [1.165, 1.54) is 0 Å². The third-order valence-corrected chi connectivity index (χ3v) is 5.20. The summed E-state index contributed by atoms with van der Waals surface area (Å²) in [7, 11) is 0. The lowest BCUT2D eigenvalue weighted by atomic mass is 10.1. The van der Waals surface area contributed by atoms with E-state index in [0.29, 0.717) is 38.5 Å². The van der Waals surface area contributed by atoms with Crippen molar-refractivity contribution in [1.82, 2.24) is 9.80 Å². The van der Waals surface area contributed by atoms with E-state index in [1.54, 1.807) is 16.7 Å². The van der Waals surface area contributed by atoms with Crippen LogP contribution in [0.25, 0.3) is 0 Å². The summed E-state index contributed by atoms with van der Waals surface area (Å²) in [5.41, 5.74) is 6.70. The van der Waals surface area contributed by atoms with E-state index in [-0.39, 0.29) is 24.0 Å². The zero-order chi connectivity index (χ0) is 19.4. The van der Waals surface area contributed by atoms with Crippen LogP contribution in [0.15, 0.2) is 24.3 Å². The molecule has 2 aliphatic heterocycles. The summed E-state index contributed by atoms with van der Waals surface area (Å²) >= 11 is 0. The largest absolute Gasteiger partial charge is 0.481 e. The number of rotatable bonds is 5. The Morgan fingerprint density at radius 3 is 2.56 bits per heavy atom. The van der Waals surface area contributed by atoms with Gasteiger partial charge in [-0.1, -0.05) is 12.1 Å². The van der Waals surface area contributed by atoms with Crippen LogP contribution in [0.4, 0.5) is 0 Å². The molecule has 0 radical (unpaired) electrons. The standard InChI is InChI=1S/C20H29N3O4/c1-14-4-3-5-16(12-14)26-15(2)19(24)22-8-10-23(11-9-22)20(25)18-7-6-17(13-21)27-18/h3-5,12,15,17-18H,6-11,13,21H2,1-2H3/t15?,17-,18+/m1/s1. The number of amides is 2. The summed E-state index contributed by atoms with van der Waals surface area (Å²) in [4.78, 5) is 28.8. The lowest BCUT2D eigenvalue weighted by Crippen LogP contribution is -2.55. The van der Waals surface area contributed by atoms with Gasteiger partial charge in [-0.25, -0.2) is 0 Å². The molecule has 1 aromatic rings. The number of hydrogen-bond acceptors (Lipinski definition) is 5. The number of nitrogens with two attached hydrogens (primary N) is 1. The lowest BCUT2D eigenvalue weighted by Gasteiger charge is -2.36. The van der Waals surface area contributed by atoms with Crippen LogP contribution in [0.2, 0.25) is 0 Å². The number of carbonyl (C=O) groups excluding carboxylic acids is 2. The van der Waals surface area contributed by atoms with Gasteiger partial charge in [0.1, 0.15) is 11.9 Å². The monoisotopic (exact) mass is 375 g/mol. The number of nitrogens with zero attached hydrogens (tertiary/aromatic N) is 2. The second-order valence-electron chi connectivity index (χ2n) is 7.29. The highest BCUT2D eigenvalue weighted by atomic mass is 16.5. The fourth-order valence-electron chi connectivity index (χ4n) is 3.61. The highest BCUT2D eigenvalue weighted by molar-refractivity contribution is 5.83. The van der Waals surface area contributed by atoms with Crippen LogP contribution in [0.3, 0.4) is 0 Å². The Morgan fingerprint density at radius 2 is 1.93 bits per heavy atom. The SMILES string of the molecule is Cc1cccc(OC(C)C(=O)N2CCN(C(=O)[C@@H]3CC[C@H](CN)O3)CC2)c1. The van der Waals surface area contributed by atoms with Crippen LogP contribution >= 0.6 is 0 Å². The van der Waals surface area contributed by atoms with E-state index in [0.717, 1.165) is 18.4 Å². The molecule has 7 heteroatoms. The summed E-state index contributed by atoms with van der Waals surface area (Å²) in [6, 6.07) is 7.66. The third-order valence-electron chi connectivity index (χ3n) is 5.20. The van der Waals surface area contributed by atoms with Gasteiger partial charge in [0.2, 0.25) is 0 Å². The molecule has 0 aliphatic carbocycles. The van der Waals surface area contributed by atoms with Crippen LogP contribution in [0, 0.1) is 6.92 Å². The maximum atomic E-state index is 12.7. The predicted octanol–water partition coefficient (Wildman–Crippen LogP) is 0.939. The van der Waals surface area contributed by atoms with Crippen molar-refractivity contribution in [2.75, 3.05) is 32.7 Å². The molecule has 2 aliphatic rings. The average Bonchev–Trinajstić information content (AvgIpc) is 3.16. The molecule has 2 heterocycles. The van der Waals surface area contributed by atoms with Gasteiger partial charge in [-0.15, -0.1) is 0 Å². The van der Waals surface area contributed by atoms with Gasteiger partial charge < -0.3 is 25.0 Å². The highest BCUT2D eigenvalue weighted by Crippen LogP contribution is 2.21. The van der Waals surface area contributed by atoms with Gasteiger partial charge in [0, 0.05) is 32.7 Å². The van der Waals surface area contributed by atoms with E-state index < -0.39 is 6.10 Å². The van der Waals surface area contributed by atoms with Crippen molar-refractivity contribution in [3.8, 4) is 5.75 Å². The van der Waals surface area contributed by atoms with Crippen molar-refractivity contribution in [3.63, 3.8) is 0 Å². The van der Waals surface area contributed by atoms with Gasteiger partial charge in [-0.2, -0.15) is 0 Å². The number of ether oxygens (including phenoxy) is 2. The molecule has 0 aromatic heterocycles. The van der Waals surface area contributed by atoms with Gasteiger partial charge >= 0.3 is 0 Å². The molecule has 0 bridgehead atoms. The van der Waals surface area contributed by atoms with E-state index in [2.05, 4.69) is 0 Å². The van der Waals surface area contributed by atoms with Gasteiger partial charge in [0.15, 0.2) is 6.10 Å². The molecular formula is C20H29N3O4. The summed E-state index contributed by atoms with van der Waals surface area (Å²) in [6.45, 7) is 6.27. The first-order valence-corrected chi connectivity index (χ1v) is 9.64. The van der Waals surface area contributed by atoms with Crippen LogP contribution in [-0.4, -0.2) is 72.6 Å². The zero-order valence-electron chi connectivity index (χ0n) is 16.1. The van der Waals surface area contributed by atoms with E-state index >= 15 is 0 Å². The molecule has 1 aromatic carbocycles. The van der Waals surface area contributed by atoms with E-state index in [1.807, 2.05) is 31.2 Å². The van der Waals surface area contributed by atoms with Crippen molar-refractivity contribution in [3.05, 3.63) is 29.8 Å². The van der Waals surface area contributed by atoms with Gasteiger partial charge in [-0.05, 0) is 44.4 Å². The normalized spacial score (nSPS) is 24.0. The summed E-state index contributed by atoms with van der Waals surface area (Å²) in [5.74, 6) is 0.656. The maximum Gasteiger partial charge on any atom is 0.263 e. The molecule has 2 amide bonds. The zero-order valence-corrected chi connectivity index (χ0v) is 16.1. The molecule has 0 saturated carbocycles. The Hall–Kier alpha value is -2.12. The fraction of sp³-hybridized carbons (Fsp3) is 0.600. The van der Waals surface area contributed by atoms with Crippen LogP contribution < -0.4 is 10.5 Å². The predicted molar refractivity (Wildman–Crippen MR) is 101 cm³/mol.